The van der Waals surface area contributed by atoms with Crippen molar-refractivity contribution in [2.24, 2.45) is 5.92 Å². The first-order chi connectivity index (χ1) is 13.8. The molecule has 1 aliphatic heterocycles. The molecule has 0 saturated carbocycles. The van der Waals surface area contributed by atoms with Crippen molar-refractivity contribution in [2.45, 2.75) is 45.6 Å². The van der Waals surface area contributed by atoms with E-state index in [0.29, 0.717) is 31.2 Å². The fraction of sp³-hybridized carbons (Fsp3) is 0.435. The van der Waals surface area contributed by atoms with Gasteiger partial charge in [-0.15, -0.1) is 0 Å². The molecule has 0 unspecified atom stereocenters. The molecule has 29 heavy (non-hydrogen) atoms. The van der Waals surface area contributed by atoms with Gasteiger partial charge in [0.05, 0.1) is 12.0 Å². The molecule has 4 rings (SSSR count). The molecule has 152 valence electrons. The van der Waals surface area contributed by atoms with E-state index in [1.54, 1.807) is 17.0 Å². The molecule has 0 aliphatic carbocycles. The van der Waals surface area contributed by atoms with Gasteiger partial charge >= 0.3 is 0 Å². The number of nitrogens with one attached hydrogen (secondary N) is 1. The summed E-state index contributed by atoms with van der Waals surface area (Å²) in [5, 5.41) is 1.05. The Labute approximate surface area is 170 Å². The predicted molar refractivity (Wildman–Crippen MR) is 114 cm³/mol. The zero-order chi connectivity index (χ0) is 20.6. The van der Waals surface area contributed by atoms with Crippen molar-refractivity contribution in [1.82, 2.24) is 19.4 Å². The van der Waals surface area contributed by atoms with Crippen LogP contribution in [0, 0.1) is 5.92 Å². The number of likely N-dealkylation sites (tertiary alicyclic amines) is 1. The minimum Gasteiger partial charge on any atom is -0.351 e. The van der Waals surface area contributed by atoms with Crippen LogP contribution in [0.25, 0.3) is 10.9 Å². The number of aromatic nitrogens is 3. The highest BCUT2D eigenvalue weighted by Gasteiger charge is 2.25. The van der Waals surface area contributed by atoms with E-state index in [2.05, 4.69) is 30.7 Å². The number of fused-ring (bicyclic) bond motifs is 1. The quantitative estimate of drug-likeness (QED) is 0.741. The van der Waals surface area contributed by atoms with Crippen LogP contribution in [0.2, 0.25) is 0 Å². The molecule has 6 nitrogen and oxygen atoms in total. The van der Waals surface area contributed by atoms with Crippen molar-refractivity contribution in [3.8, 4) is 0 Å². The van der Waals surface area contributed by atoms with Gasteiger partial charge in [-0.3, -0.25) is 14.2 Å². The topological polar surface area (TPSA) is 71.0 Å². The number of aromatic amines is 1. The Hall–Kier alpha value is -2.89. The number of benzene rings is 1. The average Bonchev–Trinajstić information content (AvgIpc) is 3.13. The lowest BCUT2D eigenvalue weighted by atomic mass is 9.92. The molecule has 1 saturated heterocycles. The Balaban J connectivity index is 1.38. The first-order valence-corrected chi connectivity index (χ1v) is 10.3. The maximum Gasteiger partial charge on any atom is 0.270 e. The van der Waals surface area contributed by atoms with E-state index in [0.717, 1.165) is 29.4 Å². The molecule has 1 amide bonds. The molecule has 0 radical (unpaired) electrons. The second-order valence-electron chi connectivity index (χ2n) is 9.02. The molecular weight excluding hydrogens is 364 g/mol. The largest absolute Gasteiger partial charge is 0.351 e. The van der Waals surface area contributed by atoms with E-state index in [-0.39, 0.29) is 16.9 Å². The number of para-hydroxylation sites is 1. The van der Waals surface area contributed by atoms with Crippen LogP contribution in [0.3, 0.4) is 0 Å². The highest BCUT2D eigenvalue weighted by atomic mass is 16.2. The van der Waals surface area contributed by atoms with Gasteiger partial charge in [0.1, 0.15) is 5.69 Å². The van der Waals surface area contributed by atoms with Gasteiger partial charge in [-0.05, 0) is 30.9 Å². The Morgan fingerprint density at radius 2 is 1.90 bits per heavy atom. The summed E-state index contributed by atoms with van der Waals surface area (Å²) in [6, 6.07) is 11.5. The molecule has 1 aliphatic rings. The van der Waals surface area contributed by atoms with Crippen molar-refractivity contribution in [1.29, 1.82) is 0 Å². The number of carbonyl (C=O) groups is 1. The van der Waals surface area contributed by atoms with Gasteiger partial charge in [0.2, 0.25) is 0 Å². The van der Waals surface area contributed by atoms with Crippen molar-refractivity contribution in [3.63, 3.8) is 0 Å². The number of rotatable bonds is 3. The summed E-state index contributed by atoms with van der Waals surface area (Å²) in [5.74, 6) is 0.426. The second-order valence-corrected chi connectivity index (χ2v) is 9.02. The highest BCUT2D eigenvalue weighted by molar-refractivity contribution is 5.98. The molecular formula is C23H28N4O2. The monoisotopic (exact) mass is 392 g/mol. The number of carbonyl (C=O) groups excluding carboxylic acids is 1. The number of piperidine rings is 1. The van der Waals surface area contributed by atoms with Gasteiger partial charge in [-0.2, -0.15) is 0 Å². The Kier molecular flexibility index (Phi) is 5.03. The number of hydrogen-bond donors (Lipinski definition) is 1. The first kappa shape index (κ1) is 19.4. The lowest BCUT2D eigenvalue weighted by molar-refractivity contribution is 0.0677. The zero-order valence-corrected chi connectivity index (χ0v) is 17.3. The van der Waals surface area contributed by atoms with Gasteiger partial charge in [0, 0.05) is 42.0 Å². The van der Waals surface area contributed by atoms with Crippen LogP contribution in [-0.4, -0.2) is 38.4 Å². The molecule has 0 bridgehead atoms. The average molecular weight is 393 g/mol. The standard InChI is InChI=1S/C23H28N4O2/c1-23(2,3)20-13-21(28)27(15-24-20)14-16-8-10-26(11-9-16)22(29)19-12-17-6-4-5-7-18(17)25-19/h4-7,12-13,15-16,25H,8-11,14H2,1-3H3. The maximum absolute atomic E-state index is 12.8. The molecule has 0 atom stereocenters. The lowest BCUT2D eigenvalue weighted by Gasteiger charge is -2.32. The molecule has 3 heterocycles. The highest BCUT2D eigenvalue weighted by Crippen LogP contribution is 2.22. The summed E-state index contributed by atoms with van der Waals surface area (Å²) in [6.45, 7) is 8.24. The minimum atomic E-state index is -0.132. The van der Waals surface area contributed by atoms with Crippen LogP contribution in [0.4, 0.5) is 0 Å². The summed E-state index contributed by atoms with van der Waals surface area (Å²) < 4.78 is 1.70. The second kappa shape index (κ2) is 7.50. The molecule has 3 aromatic rings. The Morgan fingerprint density at radius 3 is 2.55 bits per heavy atom. The molecule has 1 aromatic carbocycles. The summed E-state index contributed by atoms with van der Waals surface area (Å²) in [4.78, 5) is 34.9. The first-order valence-electron chi connectivity index (χ1n) is 10.3. The third-order valence-electron chi connectivity index (χ3n) is 5.76. The van der Waals surface area contributed by atoms with Crippen LogP contribution in [-0.2, 0) is 12.0 Å². The maximum atomic E-state index is 12.8. The van der Waals surface area contributed by atoms with Crippen LogP contribution in [0.5, 0.6) is 0 Å². The number of hydrogen-bond acceptors (Lipinski definition) is 3. The smallest absolute Gasteiger partial charge is 0.270 e. The third kappa shape index (κ3) is 4.11. The molecule has 0 spiro atoms. The van der Waals surface area contributed by atoms with Crippen LogP contribution < -0.4 is 5.56 Å². The van der Waals surface area contributed by atoms with Gasteiger partial charge in [0.15, 0.2) is 0 Å². The van der Waals surface area contributed by atoms with Gasteiger partial charge in [-0.1, -0.05) is 39.0 Å². The van der Waals surface area contributed by atoms with Crippen molar-refractivity contribution >= 4 is 16.8 Å². The van der Waals surface area contributed by atoms with Crippen LogP contribution in [0.1, 0.15) is 49.8 Å². The summed E-state index contributed by atoms with van der Waals surface area (Å²) >= 11 is 0. The fourth-order valence-corrected chi connectivity index (χ4v) is 3.93. The predicted octanol–water partition coefficient (Wildman–Crippen LogP) is 3.57. The molecule has 2 aromatic heterocycles. The van der Waals surface area contributed by atoms with Crippen LogP contribution in [0.15, 0.2) is 47.5 Å². The SMILES string of the molecule is CC(C)(C)c1cc(=O)n(CC2CCN(C(=O)c3cc4ccccc4[nH]3)CC2)cn1. The Morgan fingerprint density at radius 1 is 1.17 bits per heavy atom. The minimum absolute atomic E-state index is 0.00139. The summed E-state index contributed by atoms with van der Waals surface area (Å²) in [7, 11) is 0. The van der Waals surface area contributed by atoms with Crippen molar-refractivity contribution < 1.29 is 4.79 Å². The zero-order valence-electron chi connectivity index (χ0n) is 17.3. The number of nitrogens with zero attached hydrogens (tertiary/aromatic N) is 3. The number of H-pyrrole nitrogens is 1. The summed E-state index contributed by atoms with van der Waals surface area (Å²) in [6.07, 6.45) is 3.45. The fourth-order valence-electron chi connectivity index (χ4n) is 3.93. The number of amides is 1. The third-order valence-corrected chi connectivity index (χ3v) is 5.76. The van der Waals surface area contributed by atoms with Gasteiger partial charge < -0.3 is 9.88 Å². The molecule has 1 N–H and O–H groups in total. The van der Waals surface area contributed by atoms with Gasteiger partial charge in [0.25, 0.3) is 11.5 Å². The molecule has 6 heteroatoms. The molecule has 1 fully saturated rings. The summed E-state index contributed by atoms with van der Waals surface area (Å²) in [5.41, 5.74) is 2.31. The van der Waals surface area contributed by atoms with E-state index in [4.69, 9.17) is 0 Å². The van der Waals surface area contributed by atoms with Crippen molar-refractivity contribution in [2.75, 3.05) is 13.1 Å². The van der Waals surface area contributed by atoms with E-state index < -0.39 is 0 Å². The van der Waals surface area contributed by atoms with E-state index >= 15 is 0 Å². The normalized spacial score (nSPS) is 15.8. The van der Waals surface area contributed by atoms with Crippen LogP contribution >= 0.6 is 0 Å². The van der Waals surface area contributed by atoms with E-state index in [9.17, 15) is 9.59 Å². The lowest BCUT2D eigenvalue weighted by Crippen LogP contribution is -2.40. The Bertz CT molecular complexity index is 1050. The van der Waals surface area contributed by atoms with E-state index in [1.165, 1.54) is 0 Å². The van der Waals surface area contributed by atoms with Crippen molar-refractivity contribution in [3.05, 3.63) is 64.5 Å². The van der Waals surface area contributed by atoms with E-state index in [1.807, 2.05) is 35.2 Å². The van der Waals surface area contributed by atoms with Gasteiger partial charge in [-0.25, -0.2) is 4.98 Å².